The van der Waals surface area contributed by atoms with Crippen molar-refractivity contribution in [1.29, 1.82) is 0 Å². The molecule has 6 atom stereocenters. The normalized spacial score (nSPS) is 37.7. The molecule has 0 radical (unpaired) electrons. The van der Waals surface area contributed by atoms with Crippen molar-refractivity contribution in [3.63, 3.8) is 0 Å². The van der Waals surface area contributed by atoms with Crippen LogP contribution in [0.3, 0.4) is 0 Å². The molecular weight excluding hydrogens is 402 g/mol. The first-order chi connectivity index (χ1) is 13.8. The molecule has 9 heteroatoms. The second kappa shape index (κ2) is 6.87. The molecule has 2 aromatic carbocycles. The summed E-state index contributed by atoms with van der Waals surface area (Å²) in [6.07, 6.45) is -3.53. The van der Waals surface area contributed by atoms with Crippen molar-refractivity contribution in [2.45, 2.75) is 50.3 Å². The van der Waals surface area contributed by atoms with Gasteiger partial charge in [0, 0.05) is 0 Å². The van der Waals surface area contributed by atoms with Gasteiger partial charge >= 0.3 is 7.82 Å². The van der Waals surface area contributed by atoms with E-state index in [1.54, 1.807) is 50.2 Å². The van der Waals surface area contributed by atoms with Crippen LogP contribution in [0.1, 0.15) is 25.5 Å². The highest BCUT2D eigenvalue weighted by Gasteiger charge is 2.63. The van der Waals surface area contributed by atoms with Crippen molar-refractivity contribution in [3.05, 3.63) is 66.0 Å². The van der Waals surface area contributed by atoms with Gasteiger partial charge in [-0.3, -0.25) is 9.05 Å². The number of phosphoric acid groups is 1. The Morgan fingerprint density at radius 3 is 2.38 bits per heavy atom. The van der Waals surface area contributed by atoms with E-state index in [0.717, 1.165) is 0 Å². The van der Waals surface area contributed by atoms with Crippen LogP contribution < -0.4 is 4.52 Å². The fourth-order valence-electron chi connectivity index (χ4n) is 3.80. The van der Waals surface area contributed by atoms with Crippen molar-refractivity contribution in [2.75, 3.05) is 0 Å². The minimum absolute atomic E-state index is 0.339. The van der Waals surface area contributed by atoms with E-state index in [1.807, 2.05) is 6.07 Å². The van der Waals surface area contributed by atoms with Crippen molar-refractivity contribution >= 4 is 7.82 Å². The van der Waals surface area contributed by atoms with Gasteiger partial charge in [-0.05, 0) is 43.7 Å². The lowest BCUT2D eigenvalue weighted by atomic mass is 9.99. The third kappa shape index (κ3) is 3.61. The second-order valence-corrected chi connectivity index (χ2v) is 9.07. The number of phosphoric ester groups is 1. The standard InChI is InChI=1S/C20H20FO7P/c1-20(2)24-18-17-16(23-19(18)25-20)15(12-8-10-13(21)11-9-12)27-29(22,28-17)26-14-6-4-3-5-7-14/h3-11,15-19H,1-2H3/t15-,16+,17+,18-,19-,29?/m1/s1. The van der Waals surface area contributed by atoms with E-state index in [0.29, 0.717) is 11.3 Å². The van der Waals surface area contributed by atoms with Crippen molar-refractivity contribution in [3.8, 4) is 5.75 Å². The molecular formula is C20H20FO7P. The highest BCUT2D eigenvalue weighted by atomic mass is 31.2. The van der Waals surface area contributed by atoms with Gasteiger partial charge in [-0.1, -0.05) is 30.3 Å². The molecule has 3 aliphatic rings. The molecule has 0 saturated carbocycles. The number of halogens is 1. The first kappa shape index (κ1) is 19.2. The second-order valence-electron chi connectivity index (χ2n) is 7.57. The van der Waals surface area contributed by atoms with Crippen LogP contribution in [0.25, 0.3) is 0 Å². The molecule has 3 heterocycles. The largest absolute Gasteiger partial charge is 0.531 e. The summed E-state index contributed by atoms with van der Waals surface area (Å²) in [6, 6.07) is 14.3. The summed E-state index contributed by atoms with van der Waals surface area (Å²) < 4.78 is 61.8. The lowest BCUT2D eigenvalue weighted by Gasteiger charge is -2.38. The van der Waals surface area contributed by atoms with Crippen molar-refractivity contribution < 1.29 is 36.7 Å². The molecule has 0 aromatic heterocycles. The summed E-state index contributed by atoms with van der Waals surface area (Å²) in [4.78, 5) is 0. The number of hydrogen-bond acceptors (Lipinski definition) is 7. The van der Waals surface area contributed by atoms with Crippen LogP contribution in [0.2, 0.25) is 0 Å². The number of rotatable bonds is 3. The zero-order valence-corrected chi connectivity index (χ0v) is 16.7. The summed E-state index contributed by atoms with van der Waals surface area (Å²) in [6.45, 7) is 3.53. The van der Waals surface area contributed by atoms with E-state index in [9.17, 15) is 8.96 Å². The van der Waals surface area contributed by atoms with E-state index in [1.165, 1.54) is 12.1 Å². The van der Waals surface area contributed by atoms with Gasteiger partial charge in [0.15, 0.2) is 12.1 Å². The zero-order chi connectivity index (χ0) is 20.2. The van der Waals surface area contributed by atoms with E-state index in [2.05, 4.69) is 0 Å². The molecule has 0 amide bonds. The Hall–Kier alpha value is -1.80. The van der Waals surface area contributed by atoms with Gasteiger partial charge in [-0.25, -0.2) is 8.96 Å². The van der Waals surface area contributed by atoms with Crippen LogP contribution >= 0.6 is 7.82 Å². The summed E-state index contributed by atoms with van der Waals surface area (Å²) in [5, 5.41) is 0. The summed E-state index contributed by atoms with van der Waals surface area (Å²) in [7, 11) is -4.04. The topological polar surface area (TPSA) is 72.5 Å². The Morgan fingerprint density at radius 1 is 0.931 bits per heavy atom. The van der Waals surface area contributed by atoms with Crippen LogP contribution in [0, 0.1) is 5.82 Å². The lowest BCUT2D eigenvalue weighted by molar-refractivity contribution is -0.231. The summed E-state index contributed by atoms with van der Waals surface area (Å²) in [5.41, 5.74) is 0.584. The van der Waals surface area contributed by atoms with Crippen molar-refractivity contribution in [2.24, 2.45) is 0 Å². The highest BCUT2D eigenvalue weighted by Crippen LogP contribution is 2.62. The van der Waals surface area contributed by atoms with E-state index < -0.39 is 50.1 Å². The Morgan fingerprint density at radius 2 is 1.66 bits per heavy atom. The maximum atomic E-state index is 13.5. The molecule has 0 bridgehead atoms. The molecule has 7 nitrogen and oxygen atoms in total. The molecule has 3 saturated heterocycles. The van der Waals surface area contributed by atoms with Gasteiger partial charge in [0.2, 0.25) is 0 Å². The number of benzene rings is 2. The SMILES string of the molecule is CC1(C)O[C@H]2O[C@@H]3[C@H](OP(=O)(Oc4ccccc4)O[C@@H]3c3ccc(F)cc3)[C@H]2O1. The van der Waals surface area contributed by atoms with Crippen molar-refractivity contribution in [1.82, 2.24) is 0 Å². The zero-order valence-electron chi connectivity index (χ0n) is 15.8. The molecule has 29 heavy (non-hydrogen) atoms. The number of para-hydroxylation sites is 1. The van der Waals surface area contributed by atoms with Crippen LogP contribution in [-0.2, 0) is 27.8 Å². The molecule has 5 rings (SSSR count). The molecule has 0 spiro atoms. The summed E-state index contributed by atoms with van der Waals surface area (Å²) in [5.74, 6) is -0.914. The van der Waals surface area contributed by atoms with Gasteiger partial charge in [0.05, 0.1) is 0 Å². The molecule has 0 N–H and O–H groups in total. The monoisotopic (exact) mass is 422 g/mol. The smallest absolute Gasteiger partial charge is 0.404 e. The van der Waals surface area contributed by atoms with Crippen LogP contribution in [0.4, 0.5) is 4.39 Å². The van der Waals surface area contributed by atoms with Crippen LogP contribution in [0.15, 0.2) is 54.6 Å². The minimum atomic E-state index is -4.04. The van der Waals surface area contributed by atoms with E-state index in [-0.39, 0.29) is 0 Å². The molecule has 0 aliphatic carbocycles. The minimum Gasteiger partial charge on any atom is -0.404 e. The number of hydrogen-bond donors (Lipinski definition) is 0. The fourth-order valence-corrected chi connectivity index (χ4v) is 5.37. The molecule has 1 unspecified atom stereocenters. The molecule has 3 fully saturated rings. The Labute approximate surface area is 167 Å². The Balaban J connectivity index is 1.49. The van der Waals surface area contributed by atoms with Crippen LogP contribution in [0.5, 0.6) is 5.75 Å². The van der Waals surface area contributed by atoms with E-state index >= 15 is 0 Å². The summed E-state index contributed by atoms with van der Waals surface area (Å²) >= 11 is 0. The third-order valence-electron chi connectivity index (χ3n) is 4.98. The predicted octanol–water partition coefficient (Wildman–Crippen LogP) is 4.35. The maximum absolute atomic E-state index is 13.5. The highest BCUT2D eigenvalue weighted by molar-refractivity contribution is 7.49. The van der Waals surface area contributed by atoms with Gasteiger partial charge in [-0.15, -0.1) is 0 Å². The first-order valence-corrected chi connectivity index (χ1v) is 10.8. The van der Waals surface area contributed by atoms with Gasteiger partial charge in [-0.2, -0.15) is 0 Å². The first-order valence-electron chi connectivity index (χ1n) is 9.30. The molecule has 3 aliphatic heterocycles. The lowest BCUT2D eigenvalue weighted by Crippen LogP contribution is -2.43. The van der Waals surface area contributed by atoms with E-state index in [4.69, 9.17) is 27.8 Å². The fraction of sp³-hybridized carbons (Fsp3) is 0.400. The Bertz CT molecular complexity index is 936. The van der Waals surface area contributed by atoms with Gasteiger partial charge in [0.1, 0.15) is 36.0 Å². The third-order valence-corrected chi connectivity index (χ3v) is 6.40. The van der Waals surface area contributed by atoms with Crippen LogP contribution in [-0.4, -0.2) is 30.4 Å². The maximum Gasteiger partial charge on any atom is 0.531 e. The average molecular weight is 422 g/mol. The van der Waals surface area contributed by atoms with Gasteiger partial charge in [0.25, 0.3) is 0 Å². The number of fused-ring (bicyclic) bond motifs is 3. The number of ether oxygens (including phenoxy) is 3. The quantitative estimate of drug-likeness (QED) is 0.681. The molecule has 154 valence electrons. The average Bonchev–Trinajstić information content (AvgIpc) is 3.14. The Kier molecular flexibility index (Phi) is 4.55. The molecule has 2 aromatic rings. The van der Waals surface area contributed by atoms with Gasteiger partial charge < -0.3 is 18.7 Å². The predicted molar refractivity (Wildman–Crippen MR) is 98.5 cm³/mol.